The molecule has 2 aliphatic carbocycles. The number of carbonyl (C=O) groups excluding carboxylic acids is 1. The Hall–Kier alpha value is -1.06. The van der Waals surface area contributed by atoms with Crippen LogP contribution in [-0.2, 0) is 9.59 Å². The number of carboxylic acid groups (broad SMARTS) is 1. The molecular weight excluding hydrogens is 266 g/mol. The quantitative estimate of drug-likeness (QED) is 0.837. The Balaban J connectivity index is 1.96. The highest BCUT2D eigenvalue weighted by molar-refractivity contribution is 5.81. The summed E-state index contributed by atoms with van der Waals surface area (Å²) in [5.41, 5.74) is -0.702. The van der Waals surface area contributed by atoms with Crippen molar-refractivity contribution in [1.82, 2.24) is 5.32 Å². The van der Waals surface area contributed by atoms with Gasteiger partial charge in [-0.2, -0.15) is 0 Å². The summed E-state index contributed by atoms with van der Waals surface area (Å²) in [6, 6.07) is 0. The molecule has 0 radical (unpaired) electrons. The molecule has 0 heterocycles. The molecule has 4 heteroatoms. The number of amides is 1. The van der Waals surface area contributed by atoms with Crippen molar-refractivity contribution in [2.24, 2.45) is 22.7 Å². The van der Waals surface area contributed by atoms with Crippen molar-refractivity contribution in [3.63, 3.8) is 0 Å². The van der Waals surface area contributed by atoms with Gasteiger partial charge in [-0.25, -0.2) is 0 Å². The van der Waals surface area contributed by atoms with Crippen LogP contribution in [0, 0.1) is 22.7 Å². The molecule has 0 bridgehead atoms. The summed E-state index contributed by atoms with van der Waals surface area (Å²) in [4.78, 5) is 24.1. The van der Waals surface area contributed by atoms with E-state index in [0.29, 0.717) is 25.3 Å². The highest BCUT2D eigenvalue weighted by atomic mass is 16.4. The maximum absolute atomic E-state index is 12.4. The van der Waals surface area contributed by atoms with Crippen LogP contribution in [0.15, 0.2) is 0 Å². The van der Waals surface area contributed by atoms with Crippen molar-refractivity contribution < 1.29 is 14.7 Å². The van der Waals surface area contributed by atoms with Gasteiger partial charge in [0.1, 0.15) is 0 Å². The Bertz CT molecular complexity index is 408. The third kappa shape index (κ3) is 3.41. The highest BCUT2D eigenvalue weighted by Gasteiger charge is 2.43. The number of nitrogens with one attached hydrogen (secondary N) is 1. The molecular formula is C17H29NO3. The lowest BCUT2D eigenvalue weighted by Crippen LogP contribution is -2.47. The Morgan fingerprint density at radius 3 is 2.24 bits per heavy atom. The zero-order valence-corrected chi connectivity index (χ0v) is 13.6. The fourth-order valence-corrected chi connectivity index (χ4v) is 3.97. The van der Waals surface area contributed by atoms with Gasteiger partial charge in [-0.3, -0.25) is 9.59 Å². The number of carboxylic acids is 1. The number of hydrogen-bond donors (Lipinski definition) is 2. The van der Waals surface area contributed by atoms with Crippen molar-refractivity contribution in [2.75, 3.05) is 6.54 Å². The highest BCUT2D eigenvalue weighted by Crippen LogP contribution is 2.43. The molecule has 2 N–H and O–H groups in total. The molecule has 2 saturated carbocycles. The van der Waals surface area contributed by atoms with E-state index in [9.17, 15) is 14.7 Å². The molecule has 0 aliphatic heterocycles. The van der Waals surface area contributed by atoms with Gasteiger partial charge in [-0.1, -0.05) is 27.2 Å². The number of hydrogen-bond acceptors (Lipinski definition) is 2. The summed E-state index contributed by atoms with van der Waals surface area (Å²) < 4.78 is 0. The lowest BCUT2D eigenvalue weighted by molar-refractivity contribution is -0.151. The molecule has 120 valence electrons. The van der Waals surface area contributed by atoms with Gasteiger partial charge in [0, 0.05) is 12.5 Å². The third-order valence-electron chi connectivity index (χ3n) is 5.86. The van der Waals surface area contributed by atoms with E-state index in [1.165, 1.54) is 0 Å². The SMILES string of the molecule is CC1CCC(CNC(=O)C2CCCC2(C)C)(C(=O)O)CC1. The first-order chi connectivity index (χ1) is 9.77. The molecule has 2 fully saturated rings. The maximum Gasteiger partial charge on any atom is 0.311 e. The van der Waals surface area contributed by atoms with Gasteiger partial charge in [0.05, 0.1) is 5.41 Å². The van der Waals surface area contributed by atoms with Crippen LogP contribution in [0.1, 0.15) is 65.7 Å². The summed E-state index contributed by atoms with van der Waals surface area (Å²) in [6.07, 6.45) is 6.33. The summed E-state index contributed by atoms with van der Waals surface area (Å²) in [5, 5.41) is 12.6. The van der Waals surface area contributed by atoms with Crippen LogP contribution in [0.5, 0.6) is 0 Å². The molecule has 0 spiro atoms. The van der Waals surface area contributed by atoms with Crippen LogP contribution in [0.3, 0.4) is 0 Å². The molecule has 0 aromatic rings. The first-order valence-electron chi connectivity index (χ1n) is 8.28. The van der Waals surface area contributed by atoms with Crippen molar-refractivity contribution in [2.45, 2.75) is 65.7 Å². The van der Waals surface area contributed by atoms with Gasteiger partial charge in [-0.05, 0) is 49.9 Å². The first kappa shape index (κ1) is 16.3. The minimum Gasteiger partial charge on any atom is -0.481 e. The zero-order chi connectivity index (χ0) is 15.7. The fraction of sp³-hybridized carbons (Fsp3) is 0.882. The first-order valence-corrected chi connectivity index (χ1v) is 8.28. The Morgan fingerprint density at radius 1 is 1.14 bits per heavy atom. The van der Waals surface area contributed by atoms with Gasteiger partial charge in [0.2, 0.25) is 5.91 Å². The standard InChI is InChI=1S/C17H29NO3/c1-12-6-9-17(10-7-12,15(20)21)11-18-14(19)13-5-4-8-16(13,2)3/h12-13H,4-11H2,1-3H3,(H,18,19)(H,20,21). The monoisotopic (exact) mass is 295 g/mol. The second kappa shape index (κ2) is 5.98. The summed E-state index contributed by atoms with van der Waals surface area (Å²) >= 11 is 0. The molecule has 0 aromatic carbocycles. The Morgan fingerprint density at radius 2 is 1.76 bits per heavy atom. The molecule has 2 rings (SSSR count). The Kier molecular flexibility index (Phi) is 4.64. The topological polar surface area (TPSA) is 66.4 Å². The normalized spacial score (nSPS) is 35.4. The Labute approximate surface area is 127 Å². The number of carbonyl (C=O) groups is 2. The molecule has 4 nitrogen and oxygen atoms in total. The van der Waals surface area contributed by atoms with E-state index in [0.717, 1.165) is 32.1 Å². The van der Waals surface area contributed by atoms with Crippen LogP contribution in [0.4, 0.5) is 0 Å². The van der Waals surface area contributed by atoms with Crippen molar-refractivity contribution in [1.29, 1.82) is 0 Å². The molecule has 0 aromatic heterocycles. The minimum absolute atomic E-state index is 0.0332. The molecule has 1 amide bonds. The van der Waals surface area contributed by atoms with Gasteiger partial charge < -0.3 is 10.4 Å². The maximum atomic E-state index is 12.4. The van der Waals surface area contributed by atoms with Crippen LogP contribution in [-0.4, -0.2) is 23.5 Å². The summed E-state index contributed by atoms with van der Waals surface area (Å²) in [6.45, 7) is 6.74. The lowest BCUT2D eigenvalue weighted by atomic mass is 9.70. The van der Waals surface area contributed by atoms with Gasteiger partial charge in [0.25, 0.3) is 0 Å². The smallest absolute Gasteiger partial charge is 0.311 e. The van der Waals surface area contributed by atoms with Gasteiger partial charge in [0.15, 0.2) is 0 Å². The lowest BCUT2D eigenvalue weighted by Gasteiger charge is -2.36. The van der Waals surface area contributed by atoms with Crippen LogP contribution in [0.2, 0.25) is 0 Å². The van der Waals surface area contributed by atoms with Crippen molar-refractivity contribution in [3.8, 4) is 0 Å². The van der Waals surface area contributed by atoms with E-state index in [2.05, 4.69) is 26.1 Å². The predicted molar refractivity (Wildman–Crippen MR) is 81.8 cm³/mol. The van der Waals surface area contributed by atoms with E-state index in [1.54, 1.807) is 0 Å². The minimum atomic E-state index is -0.750. The predicted octanol–water partition coefficient (Wildman–Crippen LogP) is 3.21. The van der Waals surface area contributed by atoms with E-state index in [1.807, 2.05) is 0 Å². The molecule has 0 saturated heterocycles. The van der Waals surface area contributed by atoms with Crippen molar-refractivity contribution in [3.05, 3.63) is 0 Å². The van der Waals surface area contributed by atoms with E-state index in [-0.39, 0.29) is 17.2 Å². The van der Waals surface area contributed by atoms with Gasteiger partial charge >= 0.3 is 5.97 Å². The number of aliphatic carboxylic acids is 1. The average Bonchev–Trinajstić information content (AvgIpc) is 2.77. The third-order valence-corrected chi connectivity index (χ3v) is 5.86. The summed E-state index contributed by atoms with van der Waals surface area (Å²) in [7, 11) is 0. The zero-order valence-electron chi connectivity index (χ0n) is 13.6. The van der Waals surface area contributed by atoms with Crippen LogP contribution in [0.25, 0.3) is 0 Å². The second-order valence-corrected chi connectivity index (χ2v) is 7.92. The molecule has 21 heavy (non-hydrogen) atoms. The summed E-state index contributed by atoms with van der Waals surface area (Å²) in [5.74, 6) is -0.0649. The van der Waals surface area contributed by atoms with Gasteiger partial charge in [-0.15, -0.1) is 0 Å². The average molecular weight is 295 g/mol. The molecule has 1 unspecified atom stereocenters. The molecule has 2 aliphatic rings. The van der Waals surface area contributed by atoms with E-state index in [4.69, 9.17) is 0 Å². The van der Waals surface area contributed by atoms with Crippen LogP contribution < -0.4 is 5.32 Å². The van der Waals surface area contributed by atoms with E-state index < -0.39 is 11.4 Å². The second-order valence-electron chi connectivity index (χ2n) is 7.92. The van der Waals surface area contributed by atoms with E-state index >= 15 is 0 Å². The van der Waals surface area contributed by atoms with Crippen molar-refractivity contribution >= 4 is 11.9 Å². The number of rotatable bonds is 4. The largest absolute Gasteiger partial charge is 0.481 e. The van der Waals surface area contributed by atoms with Crippen LogP contribution >= 0.6 is 0 Å². The fourth-order valence-electron chi connectivity index (χ4n) is 3.97. The molecule has 1 atom stereocenters.